The summed E-state index contributed by atoms with van der Waals surface area (Å²) in [5, 5.41) is 11.0. The van der Waals surface area contributed by atoms with Crippen LogP contribution in [0.25, 0.3) is 0 Å². The molecule has 140 valence electrons. The summed E-state index contributed by atoms with van der Waals surface area (Å²) in [6.45, 7) is 8.46. The van der Waals surface area contributed by atoms with Crippen LogP contribution in [-0.4, -0.2) is 52.7 Å². The van der Waals surface area contributed by atoms with Gasteiger partial charge in [-0.3, -0.25) is 14.9 Å². The van der Waals surface area contributed by atoms with Crippen molar-refractivity contribution in [2.45, 2.75) is 50.1 Å². The van der Waals surface area contributed by atoms with Crippen molar-refractivity contribution in [3.8, 4) is 0 Å². The zero-order chi connectivity index (χ0) is 18.7. The molecule has 8 nitrogen and oxygen atoms in total. The summed E-state index contributed by atoms with van der Waals surface area (Å²) >= 11 is 2.42. The summed E-state index contributed by atoms with van der Waals surface area (Å²) in [4.78, 5) is 24.0. The van der Waals surface area contributed by atoms with Crippen LogP contribution < -0.4 is 11.1 Å². The van der Waals surface area contributed by atoms with E-state index in [1.165, 1.54) is 23.1 Å². The smallest absolute Gasteiger partial charge is 0.316 e. The molecule has 0 radical (unpaired) electrons. The summed E-state index contributed by atoms with van der Waals surface area (Å²) < 4.78 is 11.1. The Bertz CT molecular complexity index is 637. The van der Waals surface area contributed by atoms with Crippen LogP contribution in [-0.2, 0) is 19.1 Å². The number of nitrogens with zero attached hydrogens (tertiary/aromatic N) is 2. The number of amides is 1. The number of hydrogen-bond acceptors (Lipinski definition) is 9. The normalized spacial score (nSPS) is 24.4. The molecule has 0 spiro atoms. The van der Waals surface area contributed by atoms with Crippen molar-refractivity contribution < 1.29 is 19.1 Å². The summed E-state index contributed by atoms with van der Waals surface area (Å²) in [5.41, 5.74) is 4.84. The first kappa shape index (κ1) is 20.1. The fourth-order valence-electron chi connectivity index (χ4n) is 2.67. The third-order valence-electron chi connectivity index (χ3n) is 4.48. The first-order valence-electron chi connectivity index (χ1n) is 8.08. The third-order valence-corrected chi connectivity index (χ3v) is 6.43. The number of carbonyl (C=O) groups is 2. The maximum atomic E-state index is 12.6. The molecule has 1 amide bonds. The molecule has 2 atom stereocenters. The van der Waals surface area contributed by atoms with Gasteiger partial charge in [-0.1, -0.05) is 36.9 Å². The highest BCUT2D eigenvalue weighted by molar-refractivity contribution is 8.01. The second kappa shape index (κ2) is 7.98. The Labute approximate surface area is 155 Å². The van der Waals surface area contributed by atoms with E-state index in [1.54, 1.807) is 6.92 Å². The molecular formula is C15H24N4O4S2. The minimum absolute atomic E-state index is 0.0432. The number of thioether (sulfide) groups is 1. The molecule has 1 fully saturated rings. The van der Waals surface area contributed by atoms with E-state index in [4.69, 9.17) is 15.2 Å². The van der Waals surface area contributed by atoms with Gasteiger partial charge >= 0.3 is 5.97 Å². The van der Waals surface area contributed by atoms with E-state index in [-0.39, 0.29) is 23.7 Å². The second-order valence-electron chi connectivity index (χ2n) is 6.26. The molecule has 25 heavy (non-hydrogen) atoms. The van der Waals surface area contributed by atoms with E-state index in [0.717, 1.165) is 0 Å². The van der Waals surface area contributed by atoms with E-state index in [1.807, 2.05) is 20.8 Å². The van der Waals surface area contributed by atoms with Gasteiger partial charge in [-0.05, 0) is 13.8 Å². The van der Waals surface area contributed by atoms with Crippen LogP contribution in [0.4, 0.5) is 5.13 Å². The lowest BCUT2D eigenvalue weighted by Gasteiger charge is -2.57. The number of rotatable bonds is 8. The maximum Gasteiger partial charge on any atom is 0.316 e. The lowest BCUT2D eigenvalue weighted by Crippen LogP contribution is -2.74. The molecule has 1 saturated carbocycles. The summed E-state index contributed by atoms with van der Waals surface area (Å²) in [7, 11) is 0. The quantitative estimate of drug-likeness (QED) is 0.392. The Morgan fingerprint density at radius 2 is 2.08 bits per heavy atom. The van der Waals surface area contributed by atoms with Crippen molar-refractivity contribution in [2.75, 3.05) is 24.3 Å². The predicted molar refractivity (Wildman–Crippen MR) is 96.6 cm³/mol. The molecule has 1 aromatic heterocycles. The number of aromatic nitrogens is 2. The molecule has 2 unspecified atom stereocenters. The van der Waals surface area contributed by atoms with Gasteiger partial charge in [0.2, 0.25) is 11.0 Å². The molecule has 1 aliphatic carbocycles. The number of nitrogens with two attached hydrogens (primary N) is 1. The van der Waals surface area contributed by atoms with Crippen molar-refractivity contribution in [3.63, 3.8) is 0 Å². The SMILES string of the molecule is CCOC(=O)CSc1nnc(NC(=O)C2(N)CC(OCC)C2(C)C)s1. The van der Waals surface area contributed by atoms with Gasteiger partial charge in [-0.15, -0.1) is 10.2 Å². The van der Waals surface area contributed by atoms with Crippen LogP contribution in [0.1, 0.15) is 34.1 Å². The van der Waals surface area contributed by atoms with Crippen LogP contribution in [0.15, 0.2) is 4.34 Å². The maximum absolute atomic E-state index is 12.6. The first-order chi connectivity index (χ1) is 11.7. The topological polar surface area (TPSA) is 116 Å². The molecule has 3 N–H and O–H groups in total. The van der Waals surface area contributed by atoms with Gasteiger partial charge in [0.25, 0.3) is 0 Å². The highest BCUT2D eigenvalue weighted by Gasteiger charge is 2.63. The van der Waals surface area contributed by atoms with E-state index in [9.17, 15) is 9.59 Å². The number of hydrogen-bond donors (Lipinski definition) is 2. The molecule has 1 aliphatic rings. The summed E-state index contributed by atoms with van der Waals surface area (Å²) in [5.74, 6) is -0.459. The van der Waals surface area contributed by atoms with Crippen molar-refractivity contribution in [1.82, 2.24) is 10.2 Å². The number of ether oxygens (including phenoxy) is 2. The Morgan fingerprint density at radius 1 is 1.36 bits per heavy atom. The average molecular weight is 389 g/mol. The largest absolute Gasteiger partial charge is 0.465 e. The van der Waals surface area contributed by atoms with Crippen molar-refractivity contribution >= 4 is 40.1 Å². The van der Waals surface area contributed by atoms with Gasteiger partial charge in [0.1, 0.15) is 5.54 Å². The molecule has 2 rings (SSSR count). The molecule has 1 aromatic rings. The number of anilines is 1. The number of carbonyl (C=O) groups excluding carboxylic acids is 2. The van der Waals surface area contributed by atoms with Crippen LogP contribution in [0, 0.1) is 5.41 Å². The van der Waals surface area contributed by atoms with E-state index >= 15 is 0 Å². The summed E-state index contributed by atoms with van der Waals surface area (Å²) in [6, 6.07) is 0. The number of nitrogens with one attached hydrogen (secondary N) is 1. The Balaban J connectivity index is 1.92. The van der Waals surface area contributed by atoms with E-state index < -0.39 is 11.0 Å². The van der Waals surface area contributed by atoms with Gasteiger partial charge in [0.15, 0.2) is 4.34 Å². The Kier molecular flexibility index (Phi) is 6.41. The molecule has 10 heteroatoms. The molecule has 0 aromatic carbocycles. The minimum Gasteiger partial charge on any atom is -0.465 e. The first-order valence-corrected chi connectivity index (χ1v) is 9.88. The highest BCUT2D eigenvalue weighted by Crippen LogP contribution is 2.50. The fraction of sp³-hybridized carbons (Fsp3) is 0.733. The van der Waals surface area contributed by atoms with Gasteiger partial charge in [0.05, 0.1) is 18.5 Å². The third kappa shape index (κ3) is 4.13. The van der Waals surface area contributed by atoms with Crippen molar-refractivity contribution in [3.05, 3.63) is 0 Å². The van der Waals surface area contributed by atoms with Crippen molar-refractivity contribution in [2.24, 2.45) is 11.1 Å². The van der Waals surface area contributed by atoms with Gasteiger partial charge in [0, 0.05) is 18.4 Å². The summed E-state index contributed by atoms with van der Waals surface area (Å²) in [6.07, 6.45) is 0.418. The lowest BCUT2D eigenvalue weighted by atomic mass is 9.54. The van der Waals surface area contributed by atoms with Gasteiger partial charge in [-0.25, -0.2) is 0 Å². The zero-order valence-electron chi connectivity index (χ0n) is 14.8. The predicted octanol–water partition coefficient (Wildman–Crippen LogP) is 1.66. The fourth-order valence-corrected chi connectivity index (χ4v) is 4.22. The van der Waals surface area contributed by atoms with Crippen molar-refractivity contribution in [1.29, 1.82) is 0 Å². The standard InChI is InChI=1S/C15H24N4O4S2/c1-5-22-9-7-15(16,14(9,3)4)11(21)17-12-18-19-13(25-12)24-8-10(20)23-6-2/h9H,5-8,16H2,1-4H3,(H,17,18,21). The minimum atomic E-state index is -1.02. The molecule has 1 heterocycles. The Morgan fingerprint density at radius 3 is 2.68 bits per heavy atom. The van der Waals surface area contributed by atoms with Gasteiger partial charge < -0.3 is 15.2 Å². The lowest BCUT2D eigenvalue weighted by molar-refractivity contribution is -0.166. The molecule has 0 aliphatic heterocycles. The monoisotopic (exact) mass is 388 g/mol. The second-order valence-corrected chi connectivity index (χ2v) is 8.46. The van der Waals surface area contributed by atoms with Gasteiger partial charge in [-0.2, -0.15) is 0 Å². The molecular weight excluding hydrogens is 364 g/mol. The Hall–Kier alpha value is -1.23. The molecule has 0 bridgehead atoms. The van der Waals surface area contributed by atoms with Crippen LogP contribution in [0.3, 0.4) is 0 Å². The molecule has 0 saturated heterocycles. The van der Waals surface area contributed by atoms with E-state index in [0.29, 0.717) is 29.1 Å². The van der Waals surface area contributed by atoms with Crippen LogP contribution in [0.2, 0.25) is 0 Å². The van der Waals surface area contributed by atoms with Crippen LogP contribution in [0.5, 0.6) is 0 Å². The van der Waals surface area contributed by atoms with E-state index in [2.05, 4.69) is 15.5 Å². The highest BCUT2D eigenvalue weighted by atomic mass is 32.2. The number of esters is 1. The zero-order valence-corrected chi connectivity index (χ0v) is 16.5. The average Bonchev–Trinajstić information content (AvgIpc) is 3.00. The van der Waals surface area contributed by atoms with Crippen LogP contribution >= 0.6 is 23.1 Å².